The van der Waals surface area contributed by atoms with Crippen molar-refractivity contribution in [1.29, 1.82) is 0 Å². The Balaban J connectivity index is 2.30. The van der Waals surface area contributed by atoms with Gasteiger partial charge in [-0.1, -0.05) is 44.0 Å². The Hall–Kier alpha value is -0.360. The van der Waals surface area contributed by atoms with Crippen molar-refractivity contribution in [1.82, 2.24) is 0 Å². The fraction of sp³-hybridized carbons (Fsp3) is 0.636. The fourth-order valence-electron chi connectivity index (χ4n) is 2.46. The molecule has 1 saturated carbocycles. The number of fused-ring (bicyclic) bond motifs is 1. The smallest absolute Gasteiger partial charge is 0.313 e. The molecule has 4 nitrogen and oxygen atoms in total. The van der Waals surface area contributed by atoms with Crippen LogP contribution >= 0.6 is 31.9 Å². The number of ether oxygens (including phenoxy) is 2. The van der Waals surface area contributed by atoms with Crippen molar-refractivity contribution in [3.8, 4) is 0 Å². The lowest BCUT2D eigenvalue weighted by Crippen LogP contribution is -2.34. The number of alkyl halides is 2. The summed E-state index contributed by atoms with van der Waals surface area (Å²) in [6.07, 6.45) is 3.67. The summed E-state index contributed by atoms with van der Waals surface area (Å²) in [5, 5.41) is 0. The number of halogens is 2. The van der Waals surface area contributed by atoms with Crippen molar-refractivity contribution in [2.24, 2.45) is 23.7 Å². The Bertz CT molecular complexity index is 391. The van der Waals surface area contributed by atoms with Crippen LogP contribution < -0.4 is 0 Å². The first kappa shape index (κ1) is 13.1. The molecule has 17 heavy (non-hydrogen) atoms. The average Bonchev–Trinajstić information content (AvgIpc) is 2.89. The second kappa shape index (κ2) is 4.39. The Morgan fingerprint density at radius 3 is 2.24 bits per heavy atom. The van der Waals surface area contributed by atoms with Gasteiger partial charge in [-0.2, -0.15) is 0 Å². The molecule has 0 radical (unpaired) electrons. The molecule has 2 aliphatic rings. The molecule has 0 aromatic carbocycles. The molecule has 4 unspecified atom stereocenters. The van der Waals surface area contributed by atoms with Crippen molar-refractivity contribution in [2.45, 2.75) is 3.23 Å². The number of allylic oxidation sites excluding steroid dienone is 1. The summed E-state index contributed by atoms with van der Waals surface area (Å²) in [4.78, 5) is 23.5. The summed E-state index contributed by atoms with van der Waals surface area (Å²) in [5.74, 6) is -1.62. The average molecular weight is 368 g/mol. The quantitative estimate of drug-likeness (QED) is 0.424. The Morgan fingerprint density at radius 2 is 1.71 bits per heavy atom. The van der Waals surface area contributed by atoms with Gasteiger partial charge in [0.15, 0.2) is 0 Å². The van der Waals surface area contributed by atoms with Gasteiger partial charge in [-0.05, 0) is 0 Å². The van der Waals surface area contributed by atoms with Crippen LogP contribution in [0, 0.1) is 23.7 Å². The van der Waals surface area contributed by atoms with E-state index in [1.807, 2.05) is 6.08 Å². The van der Waals surface area contributed by atoms with Gasteiger partial charge in [-0.3, -0.25) is 9.59 Å². The SMILES string of the molecule is COC(=O)C1C=CC2C(C1C(=O)OC)C2(Br)Br. The normalized spacial score (nSPS) is 36.9. The molecule has 2 rings (SSSR count). The van der Waals surface area contributed by atoms with E-state index >= 15 is 0 Å². The molecule has 6 heteroatoms. The molecule has 0 aromatic rings. The van der Waals surface area contributed by atoms with Crippen LogP contribution in [0.3, 0.4) is 0 Å². The number of esters is 2. The standard InChI is InChI=1S/C11H12Br2O4/c1-16-9(14)5-3-4-6-8(11(6,12)13)7(5)10(15)17-2/h3-8H,1-2H3. The predicted octanol–water partition coefficient (Wildman–Crippen LogP) is 1.87. The topological polar surface area (TPSA) is 52.6 Å². The van der Waals surface area contributed by atoms with E-state index in [1.54, 1.807) is 6.08 Å². The molecule has 94 valence electrons. The third kappa shape index (κ3) is 1.95. The highest BCUT2D eigenvalue weighted by Crippen LogP contribution is 2.68. The zero-order valence-electron chi connectivity index (χ0n) is 9.35. The van der Waals surface area contributed by atoms with Crippen LogP contribution in [-0.4, -0.2) is 29.4 Å². The zero-order chi connectivity index (χ0) is 12.8. The van der Waals surface area contributed by atoms with Gasteiger partial charge < -0.3 is 9.47 Å². The maximum Gasteiger partial charge on any atom is 0.313 e. The summed E-state index contributed by atoms with van der Waals surface area (Å²) < 4.78 is 9.20. The molecule has 0 spiro atoms. The first-order valence-corrected chi connectivity index (χ1v) is 6.75. The van der Waals surface area contributed by atoms with E-state index in [2.05, 4.69) is 31.9 Å². The maximum absolute atomic E-state index is 11.8. The van der Waals surface area contributed by atoms with Crippen molar-refractivity contribution in [3.05, 3.63) is 12.2 Å². The Kier molecular flexibility index (Phi) is 3.38. The third-order valence-corrected chi connectivity index (χ3v) is 5.53. The van der Waals surface area contributed by atoms with E-state index < -0.39 is 17.8 Å². The molecule has 0 heterocycles. The lowest BCUT2D eigenvalue weighted by atomic mass is 9.83. The number of carbonyl (C=O) groups is 2. The largest absolute Gasteiger partial charge is 0.469 e. The molecule has 0 aromatic heterocycles. The Labute approximate surface area is 116 Å². The van der Waals surface area contributed by atoms with Crippen LogP contribution in [-0.2, 0) is 19.1 Å². The maximum atomic E-state index is 11.8. The first-order chi connectivity index (χ1) is 7.95. The molecule has 1 fully saturated rings. The van der Waals surface area contributed by atoms with Crippen molar-refractivity contribution >= 4 is 43.8 Å². The van der Waals surface area contributed by atoms with Crippen LogP contribution in [0.15, 0.2) is 12.2 Å². The van der Waals surface area contributed by atoms with E-state index in [4.69, 9.17) is 9.47 Å². The van der Waals surface area contributed by atoms with Gasteiger partial charge in [-0.15, -0.1) is 0 Å². The van der Waals surface area contributed by atoms with Gasteiger partial charge in [0.25, 0.3) is 0 Å². The zero-order valence-corrected chi connectivity index (χ0v) is 12.5. The lowest BCUT2D eigenvalue weighted by molar-refractivity contribution is -0.156. The van der Waals surface area contributed by atoms with E-state index in [0.29, 0.717) is 0 Å². The first-order valence-electron chi connectivity index (χ1n) is 5.17. The molecule has 0 aliphatic heterocycles. The van der Waals surface area contributed by atoms with Gasteiger partial charge in [0.2, 0.25) is 0 Å². The second-order valence-corrected chi connectivity index (χ2v) is 7.90. The number of hydrogen-bond donors (Lipinski definition) is 0. The van der Waals surface area contributed by atoms with Crippen LogP contribution in [0.5, 0.6) is 0 Å². The van der Waals surface area contributed by atoms with Gasteiger partial charge in [0.05, 0.1) is 29.3 Å². The van der Waals surface area contributed by atoms with Crippen molar-refractivity contribution in [3.63, 3.8) is 0 Å². The molecule has 0 saturated heterocycles. The molecule has 0 bridgehead atoms. The molecule has 0 amide bonds. The molecular formula is C11H12Br2O4. The summed E-state index contributed by atoms with van der Waals surface area (Å²) in [6.45, 7) is 0. The van der Waals surface area contributed by atoms with Crippen molar-refractivity contribution in [2.75, 3.05) is 14.2 Å². The minimum atomic E-state index is -0.564. The van der Waals surface area contributed by atoms with Crippen LogP contribution in [0.1, 0.15) is 0 Å². The highest BCUT2D eigenvalue weighted by Gasteiger charge is 2.68. The summed E-state index contributed by atoms with van der Waals surface area (Å²) in [7, 11) is 2.65. The van der Waals surface area contributed by atoms with Crippen LogP contribution in [0.25, 0.3) is 0 Å². The minimum absolute atomic E-state index is 0.0176. The highest BCUT2D eigenvalue weighted by atomic mass is 79.9. The Morgan fingerprint density at radius 1 is 1.12 bits per heavy atom. The molecule has 0 N–H and O–H groups in total. The van der Waals surface area contributed by atoms with Crippen molar-refractivity contribution < 1.29 is 19.1 Å². The van der Waals surface area contributed by atoms with Crippen LogP contribution in [0.2, 0.25) is 0 Å². The fourth-order valence-corrected chi connectivity index (χ4v) is 4.21. The minimum Gasteiger partial charge on any atom is -0.469 e. The highest BCUT2D eigenvalue weighted by molar-refractivity contribution is 9.25. The monoisotopic (exact) mass is 366 g/mol. The van der Waals surface area contributed by atoms with Gasteiger partial charge >= 0.3 is 11.9 Å². The van der Waals surface area contributed by atoms with E-state index in [9.17, 15) is 9.59 Å². The second-order valence-electron chi connectivity index (χ2n) is 4.21. The summed E-state index contributed by atoms with van der Waals surface area (Å²) >= 11 is 7.04. The molecule has 2 aliphatic carbocycles. The third-order valence-electron chi connectivity index (χ3n) is 3.41. The number of rotatable bonds is 2. The predicted molar refractivity (Wildman–Crippen MR) is 67.7 cm³/mol. The molecular weight excluding hydrogens is 356 g/mol. The van der Waals surface area contributed by atoms with E-state index in [0.717, 1.165) is 0 Å². The summed E-state index contributed by atoms with van der Waals surface area (Å²) in [6, 6.07) is 0. The number of hydrogen-bond acceptors (Lipinski definition) is 4. The molecule has 4 atom stereocenters. The lowest BCUT2D eigenvalue weighted by Gasteiger charge is -2.23. The van der Waals surface area contributed by atoms with Gasteiger partial charge in [0.1, 0.15) is 0 Å². The van der Waals surface area contributed by atoms with Gasteiger partial charge in [-0.25, -0.2) is 0 Å². The van der Waals surface area contributed by atoms with Crippen LogP contribution in [0.4, 0.5) is 0 Å². The number of carbonyl (C=O) groups excluding carboxylic acids is 2. The van der Waals surface area contributed by atoms with E-state index in [1.165, 1.54) is 14.2 Å². The van der Waals surface area contributed by atoms with Gasteiger partial charge in [0, 0.05) is 11.8 Å². The van der Waals surface area contributed by atoms with E-state index in [-0.39, 0.29) is 21.0 Å². The number of methoxy groups -OCH3 is 2. The summed E-state index contributed by atoms with van der Waals surface area (Å²) in [5.41, 5.74) is 0.